The molecule has 0 atom stereocenters. The topological polar surface area (TPSA) is 48.1 Å². The lowest BCUT2D eigenvalue weighted by atomic mass is 10.2. The van der Waals surface area contributed by atoms with E-state index in [1.807, 2.05) is 13.0 Å². The predicted octanol–water partition coefficient (Wildman–Crippen LogP) is 3.42. The van der Waals surface area contributed by atoms with E-state index >= 15 is 0 Å². The average Bonchev–Trinajstić information content (AvgIpc) is 2.27. The zero-order chi connectivity index (χ0) is 11.5. The molecule has 0 fully saturated rings. The summed E-state index contributed by atoms with van der Waals surface area (Å²) >= 11 is 5.92. The maximum Gasteiger partial charge on any atom is 0.153 e. The molecule has 4 heteroatoms. The largest absolute Gasteiger partial charge is 0.455 e. The Hall–Kier alpha value is -1.74. The van der Waals surface area contributed by atoms with Gasteiger partial charge in [-0.05, 0) is 30.7 Å². The van der Waals surface area contributed by atoms with Crippen LogP contribution in [0.4, 0.5) is 5.69 Å². The lowest BCUT2D eigenvalue weighted by Crippen LogP contribution is -1.92. The van der Waals surface area contributed by atoms with Crippen molar-refractivity contribution in [2.24, 2.45) is 0 Å². The van der Waals surface area contributed by atoms with Crippen molar-refractivity contribution in [2.75, 3.05) is 5.73 Å². The van der Waals surface area contributed by atoms with Gasteiger partial charge < -0.3 is 10.5 Å². The summed E-state index contributed by atoms with van der Waals surface area (Å²) in [6, 6.07) is 7.18. The Bertz CT molecular complexity index is 514. The fourth-order valence-electron chi connectivity index (χ4n) is 1.29. The molecule has 2 rings (SSSR count). The number of nitrogen functional groups attached to an aromatic ring is 1. The van der Waals surface area contributed by atoms with Gasteiger partial charge in [-0.1, -0.05) is 11.6 Å². The van der Waals surface area contributed by atoms with Crippen molar-refractivity contribution in [3.63, 3.8) is 0 Å². The van der Waals surface area contributed by atoms with E-state index in [0.29, 0.717) is 17.2 Å². The Labute approximate surface area is 98.8 Å². The molecule has 1 aromatic carbocycles. The fourth-order valence-corrected chi connectivity index (χ4v) is 1.41. The van der Waals surface area contributed by atoms with Crippen molar-refractivity contribution < 1.29 is 4.74 Å². The third-order valence-electron chi connectivity index (χ3n) is 2.17. The first-order valence-electron chi connectivity index (χ1n) is 4.80. The van der Waals surface area contributed by atoms with Gasteiger partial charge in [0.2, 0.25) is 0 Å². The van der Waals surface area contributed by atoms with Crippen LogP contribution in [0.3, 0.4) is 0 Å². The number of hydrogen-bond acceptors (Lipinski definition) is 3. The summed E-state index contributed by atoms with van der Waals surface area (Å²) in [7, 11) is 0. The fraction of sp³-hybridized carbons (Fsp3) is 0.0833. The summed E-state index contributed by atoms with van der Waals surface area (Å²) in [5.74, 6) is 1.30. The summed E-state index contributed by atoms with van der Waals surface area (Å²) in [6.45, 7) is 1.92. The minimum atomic E-state index is 0.509. The smallest absolute Gasteiger partial charge is 0.153 e. The van der Waals surface area contributed by atoms with Crippen LogP contribution in [0, 0.1) is 6.92 Å². The van der Waals surface area contributed by atoms with E-state index in [1.54, 1.807) is 30.6 Å². The van der Waals surface area contributed by atoms with Crippen LogP contribution in [-0.4, -0.2) is 4.98 Å². The molecule has 0 radical (unpaired) electrons. The molecule has 0 aliphatic rings. The van der Waals surface area contributed by atoms with E-state index in [2.05, 4.69) is 4.98 Å². The molecule has 16 heavy (non-hydrogen) atoms. The lowest BCUT2D eigenvalue weighted by molar-refractivity contribution is 0.484. The van der Waals surface area contributed by atoms with Crippen molar-refractivity contribution in [1.29, 1.82) is 0 Å². The van der Waals surface area contributed by atoms with Crippen LogP contribution in [0.5, 0.6) is 11.5 Å². The van der Waals surface area contributed by atoms with E-state index in [4.69, 9.17) is 22.1 Å². The molecular weight excluding hydrogens is 224 g/mol. The van der Waals surface area contributed by atoms with Gasteiger partial charge in [-0.15, -0.1) is 0 Å². The third kappa shape index (κ3) is 2.25. The van der Waals surface area contributed by atoms with Gasteiger partial charge in [0, 0.05) is 17.3 Å². The van der Waals surface area contributed by atoms with Crippen LogP contribution in [0.15, 0.2) is 36.7 Å². The Morgan fingerprint density at radius 3 is 2.81 bits per heavy atom. The monoisotopic (exact) mass is 234 g/mol. The molecule has 2 N–H and O–H groups in total. The van der Waals surface area contributed by atoms with E-state index in [9.17, 15) is 0 Å². The molecular formula is C12H11ClN2O. The summed E-state index contributed by atoms with van der Waals surface area (Å²) in [5, 5.41) is 0.718. The summed E-state index contributed by atoms with van der Waals surface area (Å²) < 4.78 is 5.62. The Morgan fingerprint density at radius 2 is 2.12 bits per heavy atom. The van der Waals surface area contributed by atoms with Crippen LogP contribution in [0.25, 0.3) is 0 Å². The van der Waals surface area contributed by atoms with Crippen LogP contribution < -0.4 is 10.5 Å². The van der Waals surface area contributed by atoms with Gasteiger partial charge in [0.05, 0.1) is 11.9 Å². The standard InChI is InChI=1S/C12H11ClN2O/c1-8-6-9(2-3-10(8)13)16-12-4-5-15-7-11(12)14/h2-7H,14H2,1H3. The number of halogens is 1. The van der Waals surface area contributed by atoms with Gasteiger partial charge in [0.25, 0.3) is 0 Å². The van der Waals surface area contributed by atoms with Gasteiger partial charge in [-0.3, -0.25) is 4.98 Å². The molecule has 0 aliphatic heterocycles. The molecule has 82 valence electrons. The van der Waals surface area contributed by atoms with Crippen molar-refractivity contribution in [3.05, 3.63) is 47.2 Å². The molecule has 2 aromatic rings. The number of benzene rings is 1. The summed E-state index contributed by atoms with van der Waals surface area (Å²) in [4.78, 5) is 3.89. The molecule has 0 saturated carbocycles. The van der Waals surface area contributed by atoms with E-state index < -0.39 is 0 Å². The van der Waals surface area contributed by atoms with Crippen LogP contribution >= 0.6 is 11.6 Å². The van der Waals surface area contributed by atoms with Crippen molar-refractivity contribution in [3.8, 4) is 11.5 Å². The highest BCUT2D eigenvalue weighted by atomic mass is 35.5. The number of aromatic nitrogens is 1. The number of aryl methyl sites for hydroxylation is 1. The molecule has 3 nitrogen and oxygen atoms in total. The van der Waals surface area contributed by atoms with Gasteiger partial charge in [-0.25, -0.2) is 0 Å². The molecule has 0 unspecified atom stereocenters. The lowest BCUT2D eigenvalue weighted by Gasteiger charge is -2.08. The second-order valence-electron chi connectivity index (χ2n) is 3.43. The number of hydrogen-bond donors (Lipinski definition) is 1. The Morgan fingerprint density at radius 1 is 1.31 bits per heavy atom. The number of rotatable bonds is 2. The van der Waals surface area contributed by atoms with E-state index in [-0.39, 0.29) is 0 Å². The zero-order valence-corrected chi connectivity index (χ0v) is 9.53. The zero-order valence-electron chi connectivity index (χ0n) is 8.77. The number of ether oxygens (including phenoxy) is 1. The van der Waals surface area contributed by atoms with Crippen LogP contribution in [0.1, 0.15) is 5.56 Å². The average molecular weight is 235 g/mol. The first-order chi connectivity index (χ1) is 7.66. The second-order valence-corrected chi connectivity index (χ2v) is 3.83. The number of anilines is 1. The Balaban J connectivity index is 2.28. The summed E-state index contributed by atoms with van der Waals surface area (Å²) in [6.07, 6.45) is 3.19. The Kier molecular flexibility index (Phi) is 2.97. The number of nitrogens with two attached hydrogens (primary N) is 1. The maximum atomic E-state index is 5.92. The van der Waals surface area contributed by atoms with Gasteiger partial charge >= 0.3 is 0 Å². The van der Waals surface area contributed by atoms with Gasteiger partial charge in [0.15, 0.2) is 5.75 Å². The number of pyridine rings is 1. The highest BCUT2D eigenvalue weighted by Crippen LogP contribution is 2.28. The van der Waals surface area contributed by atoms with Crippen molar-refractivity contribution in [1.82, 2.24) is 4.98 Å². The molecule has 0 amide bonds. The molecule has 0 saturated heterocycles. The second kappa shape index (κ2) is 4.41. The molecule has 1 aromatic heterocycles. The minimum Gasteiger partial charge on any atom is -0.455 e. The third-order valence-corrected chi connectivity index (χ3v) is 2.59. The maximum absolute atomic E-state index is 5.92. The summed E-state index contributed by atoms with van der Waals surface area (Å²) in [5.41, 5.74) is 7.20. The van der Waals surface area contributed by atoms with Gasteiger partial charge in [-0.2, -0.15) is 0 Å². The van der Waals surface area contributed by atoms with Crippen LogP contribution in [0.2, 0.25) is 5.02 Å². The normalized spacial score (nSPS) is 10.1. The minimum absolute atomic E-state index is 0.509. The predicted molar refractivity (Wildman–Crippen MR) is 64.9 cm³/mol. The first-order valence-corrected chi connectivity index (χ1v) is 5.18. The SMILES string of the molecule is Cc1cc(Oc2ccncc2N)ccc1Cl. The highest BCUT2D eigenvalue weighted by Gasteiger charge is 2.03. The molecule has 0 aliphatic carbocycles. The first kappa shape index (κ1) is 10.8. The van der Waals surface area contributed by atoms with E-state index in [1.165, 1.54) is 0 Å². The molecule has 0 spiro atoms. The quantitative estimate of drug-likeness (QED) is 0.866. The van der Waals surface area contributed by atoms with Gasteiger partial charge in [0.1, 0.15) is 5.75 Å². The molecule has 0 bridgehead atoms. The van der Waals surface area contributed by atoms with Crippen molar-refractivity contribution in [2.45, 2.75) is 6.92 Å². The number of nitrogens with zero attached hydrogens (tertiary/aromatic N) is 1. The van der Waals surface area contributed by atoms with Crippen LogP contribution in [-0.2, 0) is 0 Å². The van der Waals surface area contributed by atoms with Crippen molar-refractivity contribution >= 4 is 17.3 Å². The molecule has 1 heterocycles. The highest BCUT2D eigenvalue weighted by molar-refractivity contribution is 6.31. The van der Waals surface area contributed by atoms with E-state index in [0.717, 1.165) is 10.6 Å².